The summed E-state index contributed by atoms with van der Waals surface area (Å²) in [6.45, 7) is 0. The molecule has 110 valence electrons. The number of hydrazone groups is 1. The van der Waals surface area contributed by atoms with Crippen molar-refractivity contribution in [3.8, 4) is 0 Å². The van der Waals surface area contributed by atoms with Gasteiger partial charge in [-0.3, -0.25) is 4.79 Å². The fraction of sp³-hybridized carbons (Fsp3) is 0.556. The Morgan fingerprint density at radius 2 is 1.62 bits per heavy atom. The molecule has 0 heterocycles. The molecule has 1 amide bonds. The summed E-state index contributed by atoms with van der Waals surface area (Å²) in [6.07, 6.45) is 9.08. The lowest BCUT2D eigenvalue weighted by molar-refractivity contribution is -0.146. The van der Waals surface area contributed by atoms with Crippen LogP contribution in [0.5, 0.6) is 0 Å². The molecule has 0 atom stereocenters. The Kier molecular flexibility index (Phi) is 3.09. The molecule has 4 aliphatic rings. The molecule has 0 aromatic heterocycles. The molecule has 3 heteroatoms. The minimum absolute atomic E-state index is 0.108. The molecule has 1 aromatic rings. The van der Waals surface area contributed by atoms with E-state index in [1.165, 1.54) is 19.3 Å². The van der Waals surface area contributed by atoms with Gasteiger partial charge in [-0.15, -0.1) is 0 Å². The zero-order valence-corrected chi connectivity index (χ0v) is 12.3. The number of hydrogen-bond acceptors (Lipinski definition) is 2. The van der Waals surface area contributed by atoms with Crippen molar-refractivity contribution in [3.63, 3.8) is 0 Å². The lowest BCUT2D eigenvalue weighted by Crippen LogP contribution is -2.52. The van der Waals surface area contributed by atoms with Gasteiger partial charge in [0.25, 0.3) is 0 Å². The van der Waals surface area contributed by atoms with Crippen molar-refractivity contribution in [1.82, 2.24) is 5.43 Å². The molecule has 0 unspecified atom stereocenters. The number of carbonyl (C=O) groups excluding carboxylic acids is 1. The normalized spacial score (nSPS) is 37.0. The van der Waals surface area contributed by atoms with Crippen molar-refractivity contribution in [2.24, 2.45) is 28.3 Å². The lowest BCUT2D eigenvalue weighted by atomic mass is 9.49. The standard InChI is InChI=1S/C18H22N2O/c21-17(20-19-12-13-4-2-1-3-5-13)18-9-14-6-15(10-18)8-16(7-14)11-18/h1-5,12,14-16H,6-11H2,(H,20,21)/b19-12+. The van der Waals surface area contributed by atoms with Crippen LogP contribution in [0.2, 0.25) is 0 Å². The van der Waals surface area contributed by atoms with Crippen molar-refractivity contribution in [3.05, 3.63) is 35.9 Å². The second kappa shape index (κ2) is 4.97. The van der Waals surface area contributed by atoms with E-state index in [1.54, 1.807) is 6.21 Å². The number of nitrogens with one attached hydrogen (secondary N) is 1. The van der Waals surface area contributed by atoms with Crippen LogP contribution in [-0.4, -0.2) is 12.1 Å². The van der Waals surface area contributed by atoms with Crippen LogP contribution >= 0.6 is 0 Å². The first-order valence-corrected chi connectivity index (χ1v) is 8.12. The molecule has 4 bridgehead atoms. The maximum absolute atomic E-state index is 12.7. The summed E-state index contributed by atoms with van der Waals surface area (Å²) in [5.41, 5.74) is 3.73. The monoisotopic (exact) mass is 282 g/mol. The molecule has 0 aliphatic heterocycles. The van der Waals surface area contributed by atoms with E-state index in [9.17, 15) is 4.79 Å². The summed E-state index contributed by atoms with van der Waals surface area (Å²) in [5.74, 6) is 2.54. The number of benzene rings is 1. The third kappa shape index (κ3) is 2.39. The fourth-order valence-electron chi connectivity index (χ4n) is 5.21. The highest BCUT2D eigenvalue weighted by Crippen LogP contribution is 2.60. The summed E-state index contributed by atoms with van der Waals surface area (Å²) >= 11 is 0. The topological polar surface area (TPSA) is 41.5 Å². The highest BCUT2D eigenvalue weighted by Gasteiger charge is 2.54. The molecular weight excluding hydrogens is 260 g/mol. The van der Waals surface area contributed by atoms with Gasteiger partial charge in [0.05, 0.1) is 11.6 Å². The van der Waals surface area contributed by atoms with Gasteiger partial charge >= 0.3 is 0 Å². The summed E-state index contributed by atoms with van der Waals surface area (Å²) in [7, 11) is 0. The lowest BCUT2D eigenvalue weighted by Gasteiger charge is -2.55. The molecule has 3 nitrogen and oxygen atoms in total. The van der Waals surface area contributed by atoms with Crippen LogP contribution in [0, 0.1) is 23.2 Å². The molecule has 4 aliphatic carbocycles. The molecule has 21 heavy (non-hydrogen) atoms. The van der Waals surface area contributed by atoms with Gasteiger partial charge < -0.3 is 0 Å². The van der Waals surface area contributed by atoms with E-state index >= 15 is 0 Å². The second-order valence-corrected chi connectivity index (χ2v) is 7.31. The third-order valence-corrected chi connectivity index (χ3v) is 5.70. The van der Waals surface area contributed by atoms with E-state index in [0.29, 0.717) is 0 Å². The molecular formula is C18H22N2O. The summed E-state index contributed by atoms with van der Waals surface area (Å²) in [5, 5.41) is 4.17. The SMILES string of the molecule is O=C(N/N=C/c1ccccc1)C12CC3CC(CC(C3)C1)C2. The molecule has 4 fully saturated rings. The van der Waals surface area contributed by atoms with Gasteiger partial charge in [0, 0.05) is 0 Å². The quantitative estimate of drug-likeness (QED) is 0.670. The minimum atomic E-state index is -0.108. The average molecular weight is 282 g/mol. The molecule has 4 saturated carbocycles. The molecule has 0 spiro atoms. The van der Waals surface area contributed by atoms with Crippen LogP contribution in [0.1, 0.15) is 44.1 Å². The van der Waals surface area contributed by atoms with Gasteiger partial charge in [-0.1, -0.05) is 30.3 Å². The maximum Gasteiger partial charge on any atom is 0.246 e. The Morgan fingerprint density at radius 3 is 2.19 bits per heavy atom. The van der Waals surface area contributed by atoms with Crippen molar-refractivity contribution < 1.29 is 4.79 Å². The maximum atomic E-state index is 12.7. The van der Waals surface area contributed by atoms with Crippen molar-refractivity contribution in [1.29, 1.82) is 0 Å². The van der Waals surface area contributed by atoms with Crippen LogP contribution in [-0.2, 0) is 4.79 Å². The Morgan fingerprint density at radius 1 is 1.05 bits per heavy atom. The number of rotatable bonds is 3. The van der Waals surface area contributed by atoms with Crippen molar-refractivity contribution in [2.45, 2.75) is 38.5 Å². The number of amides is 1. The molecule has 1 N–H and O–H groups in total. The Hall–Kier alpha value is -1.64. The van der Waals surface area contributed by atoms with E-state index in [1.807, 2.05) is 30.3 Å². The number of hydrogen-bond donors (Lipinski definition) is 1. The predicted octanol–water partition coefficient (Wildman–Crippen LogP) is 3.35. The van der Waals surface area contributed by atoms with Crippen LogP contribution in [0.3, 0.4) is 0 Å². The van der Waals surface area contributed by atoms with E-state index in [-0.39, 0.29) is 11.3 Å². The van der Waals surface area contributed by atoms with Crippen LogP contribution in [0.15, 0.2) is 35.4 Å². The summed E-state index contributed by atoms with van der Waals surface area (Å²) < 4.78 is 0. The van der Waals surface area contributed by atoms with Gasteiger partial charge in [0.2, 0.25) is 5.91 Å². The Bertz CT molecular complexity index is 529. The number of nitrogens with zero attached hydrogens (tertiary/aromatic N) is 1. The van der Waals surface area contributed by atoms with Crippen LogP contribution in [0.25, 0.3) is 0 Å². The van der Waals surface area contributed by atoms with Crippen LogP contribution in [0.4, 0.5) is 0 Å². The first kappa shape index (κ1) is 13.1. The number of carbonyl (C=O) groups is 1. The average Bonchev–Trinajstić information content (AvgIpc) is 2.47. The van der Waals surface area contributed by atoms with Gasteiger partial charge in [0.1, 0.15) is 0 Å². The largest absolute Gasteiger partial charge is 0.273 e. The fourth-order valence-corrected chi connectivity index (χ4v) is 5.21. The van der Waals surface area contributed by atoms with Crippen molar-refractivity contribution >= 4 is 12.1 Å². The van der Waals surface area contributed by atoms with Gasteiger partial charge in [0.15, 0.2) is 0 Å². The van der Waals surface area contributed by atoms with Gasteiger partial charge in [-0.05, 0) is 61.8 Å². The first-order valence-electron chi connectivity index (χ1n) is 8.12. The zero-order chi connectivity index (χ0) is 14.3. The van der Waals surface area contributed by atoms with E-state index in [2.05, 4.69) is 10.5 Å². The second-order valence-electron chi connectivity index (χ2n) is 7.31. The summed E-state index contributed by atoms with van der Waals surface area (Å²) in [4.78, 5) is 12.7. The van der Waals surface area contributed by atoms with E-state index in [0.717, 1.165) is 42.6 Å². The molecule has 0 saturated heterocycles. The van der Waals surface area contributed by atoms with E-state index in [4.69, 9.17) is 0 Å². The molecule has 5 rings (SSSR count). The Balaban J connectivity index is 1.44. The zero-order valence-electron chi connectivity index (χ0n) is 12.3. The Labute approximate surface area is 125 Å². The summed E-state index contributed by atoms with van der Waals surface area (Å²) in [6, 6.07) is 9.90. The predicted molar refractivity (Wildman–Crippen MR) is 82.8 cm³/mol. The van der Waals surface area contributed by atoms with E-state index < -0.39 is 0 Å². The van der Waals surface area contributed by atoms with Crippen molar-refractivity contribution in [2.75, 3.05) is 0 Å². The highest BCUT2D eigenvalue weighted by atomic mass is 16.2. The third-order valence-electron chi connectivity index (χ3n) is 5.70. The first-order chi connectivity index (χ1) is 10.2. The van der Waals surface area contributed by atoms with Gasteiger partial charge in [-0.2, -0.15) is 5.10 Å². The molecule has 1 aromatic carbocycles. The smallest absolute Gasteiger partial charge is 0.246 e. The van der Waals surface area contributed by atoms with Gasteiger partial charge in [-0.25, -0.2) is 5.43 Å². The highest BCUT2D eigenvalue weighted by molar-refractivity contribution is 5.85. The molecule has 0 radical (unpaired) electrons. The van der Waals surface area contributed by atoms with Crippen LogP contribution < -0.4 is 5.43 Å². The minimum Gasteiger partial charge on any atom is -0.273 e.